The molecule has 35 heavy (non-hydrogen) atoms. The van der Waals surface area contributed by atoms with Gasteiger partial charge in [0.05, 0.1) is 20.0 Å². The van der Waals surface area contributed by atoms with Crippen LogP contribution < -0.4 is 20.1 Å². The van der Waals surface area contributed by atoms with Crippen molar-refractivity contribution in [2.45, 2.75) is 62.6 Å². The highest BCUT2D eigenvalue weighted by molar-refractivity contribution is 7.99. The fraction of sp³-hybridized carbons (Fsp3) is 0.593. The molecular formula is C27H38N4O3S. The Bertz CT molecular complexity index is 944. The standard InChI is InChI=1S/C27H38N4O3S/c1-33-24-11-10-20(14-25(24)34-2)22-16-29-27(30-17-22)35-18-26(32)31-23(21-9-6-12-28-15-21)13-19-7-4-3-5-8-19/h10-11,14,16-17,19,21,23,28H,3-9,12-13,15,18H2,1-2H3,(H,31,32). The third-order valence-corrected chi connectivity index (χ3v) is 8.12. The lowest BCUT2D eigenvalue weighted by Crippen LogP contribution is -2.47. The molecule has 2 atom stereocenters. The largest absolute Gasteiger partial charge is 0.493 e. The van der Waals surface area contributed by atoms with E-state index in [1.807, 2.05) is 18.2 Å². The summed E-state index contributed by atoms with van der Waals surface area (Å²) in [4.78, 5) is 21.9. The van der Waals surface area contributed by atoms with E-state index in [9.17, 15) is 4.79 Å². The van der Waals surface area contributed by atoms with Gasteiger partial charge >= 0.3 is 0 Å². The average Bonchev–Trinajstić information content (AvgIpc) is 2.92. The molecule has 2 N–H and O–H groups in total. The predicted octanol–water partition coefficient (Wildman–Crippen LogP) is 4.71. The zero-order chi connectivity index (χ0) is 24.5. The van der Waals surface area contributed by atoms with Crippen molar-refractivity contribution in [1.29, 1.82) is 0 Å². The second-order valence-corrected chi connectivity index (χ2v) is 10.6. The van der Waals surface area contributed by atoms with E-state index in [4.69, 9.17) is 9.47 Å². The Morgan fingerprint density at radius 3 is 2.51 bits per heavy atom. The number of benzene rings is 1. The summed E-state index contributed by atoms with van der Waals surface area (Å²) in [5.41, 5.74) is 1.83. The molecule has 1 aromatic carbocycles. The average molecular weight is 499 g/mol. The quantitative estimate of drug-likeness (QED) is 0.362. The maximum absolute atomic E-state index is 12.9. The number of thioether (sulfide) groups is 1. The summed E-state index contributed by atoms with van der Waals surface area (Å²) in [6, 6.07) is 5.98. The zero-order valence-electron chi connectivity index (χ0n) is 20.9. The summed E-state index contributed by atoms with van der Waals surface area (Å²) in [6.07, 6.45) is 13.7. The van der Waals surface area contributed by atoms with Gasteiger partial charge in [-0.1, -0.05) is 49.9 Å². The van der Waals surface area contributed by atoms with Crippen molar-refractivity contribution in [3.8, 4) is 22.6 Å². The van der Waals surface area contributed by atoms with E-state index in [1.165, 1.54) is 56.7 Å². The van der Waals surface area contributed by atoms with Crippen molar-refractivity contribution in [2.75, 3.05) is 33.1 Å². The number of ether oxygens (including phenoxy) is 2. The Hall–Kier alpha value is -2.32. The van der Waals surface area contributed by atoms with Gasteiger partial charge < -0.3 is 20.1 Å². The Morgan fingerprint density at radius 1 is 1.06 bits per heavy atom. The van der Waals surface area contributed by atoms with Gasteiger partial charge in [-0.15, -0.1) is 0 Å². The van der Waals surface area contributed by atoms with Gasteiger partial charge in [0, 0.05) is 24.0 Å². The van der Waals surface area contributed by atoms with E-state index in [1.54, 1.807) is 26.6 Å². The Labute approximate surface area is 213 Å². The maximum Gasteiger partial charge on any atom is 0.230 e. The van der Waals surface area contributed by atoms with Crippen LogP contribution in [0.5, 0.6) is 11.5 Å². The molecule has 4 rings (SSSR count). The van der Waals surface area contributed by atoms with Crippen LogP contribution in [-0.2, 0) is 4.79 Å². The molecule has 1 aromatic heterocycles. The van der Waals surface area contributed by atoms with Crippen molar-refractivity contribution < 1.29 is 14.3 Å². The minimum atomic E-state index is 0.0777. The van der Waals surface area contributed by atoms with Crippen molar-refractivity contribution in [2.24, 2.45) is 11.8 Å². The number of carbonyl (C=O) groups is 1. The Kier molecular flexibility index (Phi) is 9.66. The summed E-state index contributed by atoms with van der Waals surface area (Å²) < 4.78 is 10.7. The molecule has 1 aliphatic heterocycles. The van der Waals surface area contributed by atoms with Crippen molar-refractivity contribution in [3.63, 3.8) is 0 Å². The van der Waals surface area contributed by atoms with Gasteiger partial charge in [-0.3, -0.25) is 4.79 Å². The van der Waals surface area contributed by atoms with Crippen LogP contribution in [0.25, 0.3) is 11.1 Å². The molecule has 1 aliphatic carbocycles. The number of amides is 1. The fourth-order valence-electron chi connectivity index (χ4n) is 5.31. The molecule has 2 aliphatic rings. The molecule has 7 nitrogen and oxygen atoms in total. The third kappa shape index (κ3) is 7.34. The highest BCUT2D eigenvalue weighted by Gasteiger charge is 2.28. The Morgan fingerprint density at radius 2 is 1.83 bits per heavy atom. The third-order valence-electron chi connectivity index (χ3n) is 7.24. The Balaban J connectivity index is 1.32. The highest BCUT2D eigenvalue weighted by atomic mass is 32.2. The van der Waals surface area contributed by atoms with Crippen LogP contribution >= 0.6 is 11.8 Å². The second-order valence-electron chi connectivity index (χ2n) is 9.63. The maximum atomic E-state index is 12.9. The van der Waals surface area contributed by atoms with Gasteiger partial charge in [0.15, 0.2) is 16.7 Å². The van der Waals surface area contributed by atoms with E-state index < -0.39 is 0 Å². The molecule has 1 amide bonds. The van der Waals surface area contributed by atoms with Crippen LogP contribution in [0.2, 0.25) is 0 Å². The van der Waals surface area contributed by atoms with Gasteiger partial charge in [-0.2, -0.15) is 0 Å². The smallest absolute Gasteiger partial charge is 0.230 e. The minimum Gasteiger partial charge on any atom is -0.493 e. The summed E-state index contributed by atoms with van der Waals surface area (Å²) in [5.74, 6) is 3.02. The van der Waals surface area contributed by atoms with Gasteiger partial charge in [-0.05, 0) is 61.9 Å². The topological polar surface area (TPSA) is 85.4 Å². The highest BCUT2D eigenvalue weighted by Crippen LogP contribution is 2.32. The first-order valence-electron chi connectivity index (χ1n) is 12.8. The second kappa shape index (κ2) is 13.1. The number of rotatable bonds is 10. The summed E-state index contributed by atoms with van der Waals surface area (Å²) >= 11 is 1.39. The molecule has 0 bridgehead atoms. The predicted molar refractivity (Wildman–Crippen MR) is 140 cm³/mol. The lowest BCUT2D eigenvalue weighted by atomic mass is 9.80. The van der Waals surface area contributed by atoms with E-state index >= 15 is 0 Å². The zero-order valence-corrected chi connectivity index (χ0v) is 21.7. The number of methoxy groups -OCH3 is 2. The normalized spacial score (nSPS) is 19.7. The van der Waals surface area contributed by atoms with Crippen LogP contribution in [0.1, 0.15) is 51.4 Å². The molecule has 2 aromatic rings. The number of nitrogens with zero attached hydrogens (tertiary/aromatic N) is 2. The molecule has 2 heterocycles. The van der Waals surface area contributed by atoms with Crippen LogP contribution in [0, 0.1) is 11.8 Å². The molecule has 0 radical (unpaired) electrons. The van der Waals surface area contributed by atoms with E-state index in [0.717, 1.165) is 36.6 Å². The number of piperidine rings is 1. The van der Waals surface area contributed by atoms with Crippen LogP contribution in [0.4, 0.5) is 0 Å². The van der Waals surface area contributed by atoms with Gasteiger partial charge in [0.2, 0.25) is 5.91 Å². The molecule has 190 valence electrons. The molecule has 8 heteroatoms. The minimum absolute atomic E-state index is 0.0777. The number of hydrogen-bond acceptors (Lipinski definition) is 7. The lowest BCUT2D eigenvalue weighted by Gasteiger charge is -2.34. The number of carbonyl (C=O) groups excluding carboxylic acids is 1. The van der Waals surface area contributed by atoms with Crippen molar-refractivity contribution in [1.82, 2.24) is 20.6 Å². The van der Waals surface area contributed by atoms with Gasteiger partial charge in [-0.25, -0.2) is 9.97 Å². The molecule has 0 spiro atoms. The summed E-state index contributed by atoms with van der Waals surface area (Å²) in [5, 5.41) is 7.51. The summed E-state index contributed by atoms with van der Waals surface area (Å²) in [6.45, 7) is 2.10. The lowest BCUT2D eigenvalue weighted by molar-refractivity contribution is -0.119. The molecular weight excluding hydrogens is 460 g/mol. The first kappa shape index (κ1) is 25.8. The first-order valence-corrected chi connectivity index (χ1v) is 13.8. The van der Waals surface area contributed by atoms with Crippen molar-refractivity contribution >= 4 is 17.7 Å². The molecule has 1 saturated heterocycles. The van der Waals surface area contributed by atoms with Crippen LogP contribution in [0.15, 0.2) is 35.7 Å². The number of nitrogens with one attached hydrogen (secondary N) is 2. The van der Waals surface area contributed by atoms with Crippen LogP contribution in [0.3, 0.4) is 0 Å². The van der Waals surface area contributed by atoms with Gasteiger partial charge in [0.25, 0.3) is 0 Å². The monoisotopic (exact) mass is 498 g/mol. The van der Waals surface area contributed by atoms with E-state index in [0.29, 0.717) is 28.3 Å². The van der Waals surface area contributed by atoms with Gasteiger partial charge in [0.1, 0.15) is 0 Å². The van der Waals surface area contributed by atoms with E-state index in [-0.39, 0.29) is 11.9 Å². The fourth-order valence-corrected chi connectivity index (χ4v) is 5.91. The number of hydrogen-bond donors (Lipinski definition) is 2. The molecule has 2 fully saturated rings. The summed E-state index contributed by atoms with van der Waals surface area (Å²) in [7, 11) is 3.24. The van der Waals surface area contributed by atoms with E-state index in [2.05, 4.69) is 20.6 Å². The van der Waals surface area contributed by atoms with Crippen LogP contribution in [-0.4, -0.2) is 55.0 Å². The number of aromatic nitrogens is 2. The first-order chi connectivity index (χ1) is 17.2. The van der Waals surface area contributed by atoms with Crippen molar-refractivity contribution in [3.05, 3.63) is 30.6 Å². The SMILES string of the molecule is COc1ccc(-c2cnc(SCC(=O)NC(CC3CCCCC3)C3CCCNC3)nc2)cc1OC. The molecule has 2 unspecified atom stereocenters. The molecule has 1 saturated carbocycles.